The zero-order valence-corrected chi connectivity index (χ0v) is 9.81. The highest BCUT2D eigenvalue weighted by molar-refractivity contribution is 5.74. The Morgan fingerprint density at radius 1 is 1.29 bits per heavy atom. The average Bonchev–Trinajstić information content (AvgIpc) is 2.68. The van der Waals surface area contributed by atoms with Gasteiger partial charge >= 0.3 is 0 Å². The van der Waals surface area contributed by atoms with Crippen LogP contribution in [0.25, 0.3) is 11.1 Å². The van der Waals surface area contributed by atoms with Crippen LogP contribution in [0.3, 0.4) is 0 Å². The highest BCUT2D eigenvalue weighted by atomic mass is 16.5. The lowest BCUT2D eigenvalue weighted by atomic mass is 10.3. The Bertz CT molecular complexity index is 482. The fraction of sp³-hybridized carbons (Fsp3) is 0.417. The summed E-state index contributed by atoms with van der Waals surface area (Å²) >= 11 is 0. The van der Waals surface area contributed by atoms with E-state index in [1.807, 2.05) is 25.1 Å². The van der Waals surface area contributed by atoms with Crippen LogP contribution in [0.15, 0.2) is 22.6 Å². The smallest absolute Gasteiger partial charge is 0.192 e. The largest absolute Gasteiger partial charge is 0.491 e. The molecule has 0 amide bonds. The molecule has 1 aromatic heterocycles. The molecular formula is C12H16N2O3. The first-order chi connectivity index (χ1) is 8.29. The lowest BCUT2D eigenvalue weighted by molar-refractivity contribution is 0.106. The number of nitrogens with zero attached hydrogens (tertiary/aromatic N) is 1. The molecule has 0 spiro atoms. The molecule has 0 unspecified atom stereocenters. The first-order valence-electron chi connectivity index (χ1n) is 5.57. The van der Waals surface area contributed by atoms with Gasteiger partial charge < -0.3 is 19.6 Å². The highest BCUT2D eigenvalue weighted by Crippen LogP contribution is 2.21. The van der Waals surface area contributed by atoms with Crippen molar-refractivity contribution < 1.29 is 13.9 Å². The minimum Gasteiger partial charge on any atom is -0.491 e. The molecule has 2 N–H and O–H groups in total. The third-order valence-corrected chi connectivity index (χ3v) is 2.23. The number of oxazole rings is 1. The first-order valence-corrected chi connectivity index (χ1v) is 5.57. The van der Waals surface area contributed by atoms with Crippen molar-refractivity contribution in [2.45, 2.75) is 6.92 Å². The van der Waals surface area contributed by atoms with E-state index in [4.69, 9.17) is 19.6 Å². The van der Waals surface area contributed by atoms with Crippen LogP contribution in [0, 0.1) is 6.92 Å². The number of aryl methyl sites for hydroxylation is 1. The van der Waals surface area contributed by atoms with Gasteiger partial charge in [0.05, 0.1) is 13.2 Å². The second-order valence-corrected chi connectivity index (χ2v) is 3.61. The summed E-state index contributed by atoms with van der Waals surface area (Å²) in [4.78, 5) is 4.21. The van der Waals surface area contributed by atoms with E-state index in [0.29, 0.717) is 32.3 Å². The van der Waals surface area contributed by atoms with Gasteiger partial charge in [-0.3, -0.25) is 0 Å². The molecule has 2 rings (SSSR count). The maximum Gasteiger partial charge on any atom is 0.192 e. The molecule has 1 heterocycles. The number of ether oxygens (including phenoxy) is 2. The molecule has 0 saturated carbocycles. The number of hydrogen-bond acceptors (Lipinski definition) is 5. The summed E-state index contributed by atoms with van der Waals surface area (Å²) in [6.45, 7) is 3.94. The molecule has 1 aromatic carbocycles. The summed E-state index contributed by atoms with van der Waals surface area (Å²) in [7, 11) is 0. The van der Waals surface area contributed by atoms with Crippen LogP contribution in [-0.2, 0) is 4.74 Å². The van der Waals surface area contributed by atoms with Crippen molar-refractivity contribution in [3.05, 3.63) is 24.1 Å². The number of nitrogens with two attached hydrogens (primary N) is 1. The zero-order valence-electron chi connectivity index (χ0n) is 9.81. The second-order valence-electron chi connectivity index (χ2n) is 3.61. The van der Waals surface area contributed by atoms with Crippen LogP contribution >= 0.6 is 0 Å². The van der Waals surface area contributed by atoms with Crippen molar-refractivity contribution in [3.63, 3.8) is 0 Å². The number of benzene rings is 1. The predicted octanol–water partition coefficient (Wildman–Crippen LogP) is 1.49. The Morgan fingerprint density at radius 2 is 2.18 bits per heavy atom. The predicted molar refractivity (Wildman–Crippen MR) is 64.1 cm³/mol. The van der Waals surface area contributed by atoms with Crippen molar-refractivity contribution in [1.29, 1.82) is 0 Å². The minimum absolute atomic E-state index is 0.499. The Balaban J connectivity index is 1.90. The lowest BCUT2D eigenvalue weighted by Gasteiger charge is -2.05. The van der Waals surface area contributed by atoms with Gasteiger partial charge in [-0.25, -0.2) is 4.98 Å². The van der Waals surface area contributed by atoms with Gasteiger partial charge in [0, 0.05) is 19.5 Å². The van der Waals surface area contributed by atoms with E-state index < -0.39 is 0 Å². The van der Waals surface area contributed by atoms with E-state index in [1.54, 1.807) is 0 Å². The monoisotopic (exact) mass is 236 g/mol. The number of hydrogen-bond donors (Lipinski definition) is 1. The van der Waals surface area contributed by atoms with E-state index in [1.165, 1.54) is 0 Å². The lowest BCUT2D eigenvalue weighted by Crippen LogP contribution is -2.13. The average molecular weight is 236 g/mol. The van der Waals surface area contributed by atoms with E-state index in [0.717, 1.165) is 16.8 Å². The Hall–Kier alpha value is -1.59. The van der Waals surface area contributed by atoms with Crippen molar-refractivity contribution in [2.24, 2.45) is 5.73 Å². The van der Waals surface area contributed by atoms with E-state index in [2.05, 4.69) is 4.98 Å². The summed E-state index contributed by atoms with van der Waals surface area (Å²) in [5.41, 5.74) is 6.88. The molecule has 5 heteroatoms. The molecule has 5 nitrogen and oxygen atoms in total. The van der Waals surface area contributed by atoms with Gasteiger partial charge in [0.15, 0.2) is 11.5 Å². The first kappa shape index (κ1) is 11.9. The van der Waals surface area contributed by atoms with Crippen LogP contribution in [0.1, 0.15) is 5.89 Å². The molecule has 92 valence electrons. The van der Waals surface area contributed by atoms with E-state index in [9.17, 15) is 0 Å². The Kier molecular flexibility index (Phi) is 3.95. The van der Waals surface area contributed by atoms with Gasteiger partial charge in [-0.1, -0.05) is 0 Å². The molecule has 0 aliphatic carbocycles. The molecule has 0 fully saturated rings. The molecule has 0 aliphatic rings. The van der Waals surface area contributed by atoms with Crippen LogP contribution in [-0.4, -0.2) is 31.3 Å². The Labute approximate surface area is 99.5 Å². The van der Waals surface area contributed by atoms with Crippen LogP contribution in [0.4, 0.5) is 0 Å². The third kappa shape index (κ3) is 3.18. The van der Waals surface area contributed by atoms with Crippen LogP contribution < -0.4 is 10.5 Å². The quantitative estimate of drug-likeness (QED) is 0.769. The maximum atomic E-state index is 5.52. The fourth-order valence-corrected chi connectivity index (χ4v) is 1.51. The topological polar surface area (TPSA) is 70.5 Å². The maximum absolute atomic E-state index is 5.52. The van der Waals surface area contributed by atoms with Crippen molar-refractivity contribution >= 4 is 11.1 Å². The zero-order chi connectivity index (χ0) is 12.1. The number of rotatable bonds is 6. The van der Waals surface area contributed by atoms with Crippen molar-refractivity contribution in [2.75, 3.05) is 26.4 Å². The Morgan fingerprint density at radius 3 is 3.00 bits per heavy atom. The molecule has 0 saturated heterocycles. The summed E-state index contributed by atoms with van der Waals surface area (Å²) < 4.78 is 16.1. The highest BCUT2D eigenvalue weighted by Gasteiger charge is 2.03. The van der Waals surface area contributed by atoms with Gasteiger partial charge in [0.25, 0.3) is 0 Å². The standard InChI is InChI=1S/C12H16N2O3/c1-9-14-11-3-2-10(8-12(11)17-9)16-7-6-15-5-4-13/h2-3,8H,4-7,13H2,1H3. The normalized spacial score (nSPS) is 10.9. The summed E-state index contributed by atoms with van der Waals surface area (Å²) in [5, 5.41) is 0. The van der Waals surface area contributed by atoms with Gasteiger partial charge in [-0.2, -0.15) is 0 Å². The summed E-state index contributed by atoms with van der Waals surface area (Å²) in [6, 6.07) is 5.58. The van der Waals surface area contributed by atoms with Crippen molar-refractivity contribution in [1.82, 2.24) is 4.98 Å². The molecule has 0 radical (unpaired) electrons. The van der Waals surface area contributed by atoms with Gasteiger partial charge in [-0.15, -0.1) is 0 Å². The number of aromatic nitrogens is 1. The number of fused-ring (bicyclic) bond motifs is 1. The minimum atomic E-state index is 0.499. The SMILES string of the molecule is Cc1nc2ccc(OCCOCCN)cc2o1. The second kappa shape index (κ2) is 5.65. The molecule has 17 heavy (non-hydrogen) atoms. The van der Waals surface area contributed by atoms with Gasteiger partial charge in [0.1, 0.15) is 17.9 Å². The molecule has 0 bridgehead atoms. The van der Waals surface area contributed by atoms with Gasteiger partial charge in [0.2, 0.25) is 0 Å². The van der Waals surface area contributed by atoms with E-state index in [-0.39, 0.29) is 0 Å². The van der Waals surface area contributed by atoms with Gasteiger partial charge in [-0.05, 0) is 12.1 Å². The fourth-order valence-electron chi connectivity index (χ4n) is 1.51. The molecule has 2 aromatic rings. The van der Waals surface area contributed by atoms with Crippen LogP contribution in [0.5, 0.6) is 5.75 Å². The van der Waals surface area contributed by atoms with E-state index >= 15 is 0 Å². The van der Waals surface area contributed by atoms with Crippen molar-refractivity contribution in [3.8, 4) is 5.75 Å². The molecular weight excluding hydrogens is 220 g/mol. The van der Waals surface area contributed by atoms with Crippen LogP contribution in [0.2, 0.25) is 0 Å². The summed E-state index contributed by atoms with van der Waals surface area (Å²) in [5.74, 6) is 1.41. The summed E-state index contributed by atoms with van der Waals surface area (Å²) in [6.07, 6.45) is 0. The third-order valence-electron chi connectivity index (χ3n) is 2.23. The molecule has 0 atom stereocenters. The molecule has 0 aliphatic heterocycles.